The lowest BCUT2D eigenvalue weighted by molar-refractivity contribution is 0.0216. The molecule has 1 aromatic rings. The first-order valence-corrected chi connectivity index (χ1v) is 6.16. The Labute approximate surface area is 98.0 Å². The molecule has 2 unspecified atom stereocenters. The summed E-state index contributed by atoms with van der Waals surface area (Å²) in [5.74, 6) is 0.825. The van der Waals surface area contributed by atoms with Crippen LogP contribution in [0.2, 0.25) is 0 Å². The van der Waals surface area contributed by atoms with Crippen molar-refractivity contribution in [2.24, 2.45) is 5.73 Å². The van der Waals surface area contributed by atoms with Crippen molar-refractivity contribution in [3.63, 3.8) is 0 Å². The molecule has 1 aromatic heterocycles. The molecule has 1 heterocycles. The highest BCUT2D eigenvalue weighted by atomic mass is 16.5. The Bertz CT molecular complexity index is 257. The predicted octanol–water partition coefficient (Wildman–Crippen LogP) is 3.26. The molecule has 2 atom stereocenters. The maximum Gasteiger partial charge on any atom is 0.134 e. The Morgan fingerprint density at radius 3 is 2.75 bits per heavy atom. The monoisotopic (exact) mass is 225 g/mol. The van der Waals surface area contributed by atoms with E-state index in [2.05, 4.69) is 6.92 Å². The van der Waals surface area contributed by atoms with Gasteiger partial charge in [0.2, 0.25) is 0 Å². The molecule has 0 fully saturated rings. The molecule has 3 heteroatoms. The van der Waals surface area contributed by atoms with Crippen LogP contribution in [0, 0.1) is 0 Å². The van der Waals surface area contributed by atoms with Crippen molar-refractivity contribution < 1.29 is 9.15 Å². The van der Waals surface area contributed by atoms with Gasteiger partial charge in [-0.25, -0.2) is 0 Å². The van der Waals surface area contributed by atoms with E-state index in [0.717, 1.165) is 18.8 Å². The maximum absolute atomic E-state index is 5.88. The van der Waals surface area contributed by atoms with Gasteiger partial charge in [0.15, 0.2) is 0 Å². The van der Waals surface area contributed by atoms with Gasteiger partial charge in [0.05, 0.1) is 6.26 Å². The number of rotatable bonds is 8. The van der Waals surface area contributed by atoms with E-state index in [9.17, 15) is 0 Å². The number of hydrogen-bond acceptors (Lipinski definition) is 3. The molecule has 92 valence electrons. The smallest absolute Gasteiger partial charge is 0.134 e. The van der Waals surface area contributed by atoms with Gasteiger partial charge in [-0.05, 0) is 25.5 Å². The van der Waals surface area contributed by atoms with E-state index in [1.807, 2.05) is 19.1 Å². The van der Waals surface area contributed by atoms with Gasteiger partial charge in [0.1, 0.15) is 11.9 Å². The lowest BCUT2D eigenvalue weighted by Gasteiger charge is -2.19. The second-order valence-corrected chi connectivity index (χ2v) is 4.23. The predicted molar refractivity (Wildman–Crippen MR) is 65.2 cm³/mol. The van der Waals surface area contributed by atoms with Crippen LogP contribution in [0.25, 0.3) is 0 Å². The van der Waals surface area contributed by atoms with E-state index in [4.69, 9.17) is 14.9 Å². The fourth-order valence-electron chi connectivity index (χ4n) is 1.69. The van der Waals surface area contributed by atoms with E-state index in [1.165, 1.54) is 19.3 Å². The molecular weight excluding hydrogens is 202 g/mol. The Morgan fingerprint density at radius 1 is 1.38 bits per heavy atom. The molecule has 0 radical (unpaired) electrons. The maximum atomic E-state index is 5.88. The normalized spacial score (nSPS) is 14.9. The number of furan rings is 1. The average Bonchev–Trinajstić information content (AvgIpc) is 2.76. The topological polar surface area (TPSA) is 48.4 Å². The van der Waals surface area contributed by atoms with Crippen molar-refractivity contribution in [3.05, 3.63) is 24.2 Å². The Kier molecular flexibility index (Phi) is 6.19. The Hall–Kier alpha value is -0.800. The van der Waals surface area contributed by atoms with Crippen LogP contribution < -0.4 is 5.73 Å². The number of unbranched alkanes of at least 4 members (excludes halogenated alkanes) is 3. The quantitative estimate of drug-likeness (QED) is 0.691. The molecule has 0 spiro atoms. The lowest BCUT2D eigenvalue weighted by atomic mass is 10.1. The van der Waals surface area contributed by atoms with E-state index in [-0.39, 0.29) is 12.1 Å². The van der Waals surface area contributed by atoms with Crippen LogP contribution in [-0.4, -0.2) is 12.6 Å². The van der Waals surface area contributed by atoms with Crippen molar-refractivity contribution in [2.75, 3.05) is 6.61 Å². The molecule has 1 rings (SSSR count). The van der Waals surface area contributed by atoms with Gasteiger partial charge in [0.25, 0.3) is 0 Å². The second-order valence-electron chi connectivity index (χ2n) is 4.23. The van der Waals surface area contributed by atoms with Crippen LogP contribution in [0.1, 0.15) is 51.4 Å². The van der Waals surface area contributed by atoms with Crippen LogP contribution in [0.15, 0.2) is 22.8 Å². The molecule has 16 heavy (non-hydrogen) atoms. The minimum Gasteiger partial charge on any atom is -0.467 e. The number of hydrogen-bond donors (Lipinski definition) is 1. The van der Waals surface area contributed by atoms with Crippen molar-refractivity contribution in [3.8, 4) is 0 Å². The Morgan fingerprint density at radius 2 is 2.19 bits per heavy atom. The largest absolute Gasteiger partial charge is 0.467 e. The third-order valence-electron chi connectivity index (χ3n) is 2.60. The van der Waals surface area contributed by atoms with E-state index < -0.39 is 0 Å². The third kappa shape index (κ3) is 4.37. The zero-order chi connectivity index (χ0) is 11.8. The molecule has 0 bridgehead atoms. The summed E-state index contributed by atoms with van der Waals surface area (Å²) in [5.41, 5.74) is 5.88. The van der Waals surface area contributed by atoms with Gasteiger partial charge in [-0.3, -0.25) is 0 Å². The van der Waals surface area contributed by atoms with E-state index in [1.54, 1.807) is 6.26 Å². The summed E-state index contributed by atoms with van der Waals surface area (Å²) >= 11 is 0. The summed E-state index contributed by atoms with van der Waals surface area (Å²) in [6.07, 6.45) is 6.38. The first kappa shape index (κ1) is 13.3. The van der Waals surface area contributed by atoms with Crippen LogP contribution in [0.3, 0.4) is 0 Å². The van der Waals surface area contributed by atoms with E-state index in [0.29, 0.717) is 0 Å². The fourth-order valence-corrected chi connectivity index (χ4v) is 1.69. The van der Waals surface area contributed by atoms with Crippen molar-refractivity contribution in [1.29, 1.82) is 0 Å². The molecule has 2 N–H and O–H groups in total. The first-order chi connectivity index (χ1) is 7.75. The molecule has 0 aliphatic carbocycles. The third-order valence-corrected chi connectivity index (χ3v) is 2.60. The molecule has 0 aliphatic rings. The molecule has 0 saturated carbocycles. The fraction of sp³-hybridized carbons (Fsp3) is 0.692. The highest BCUT2D eigenvalue weighted by molar-refractivity contribution is 5.04. The van der Waals surface area contributed by atoms with Crippen LogP contribution in [-0.2, 0) is 4.74 Å². The standard InChI is InChI=1S/C13H23NO2/c1-3-4-5-6-9-16-13(11(2)14)12-8-7-10-15-12/h7-8,10-11,13H,3-6,9,14H2,1-2H3. The van der Waals surface area contributed by atoms with Crippen molar-refractivity contribution in [1.82, 2.24) is 0 Å². The zero-order valence-electron chi connectivity index (χ0n) is 10.3. The van der Waals surface area contributed by atoms with Gasteiger partial charge in [-0.1, -0.05) is 26.2 Å². The second kappa shape index (κ2) is 7.47. The van der Waals surface area contributed by atoms with Crippen LogP contribution >= 0.6 is 0 Å². The summed E-state index contributed by atoms with van der Waals surface area (Å²) in [5, 5.41) is 0. The molecule has 0 aliphatic heterocycles. The van der Waals surface area contributed by atoms with Crippen LogP contribution in [0.5, 0.6) is 0 Å². The number of ether oxygens (including phenoxy) is 1. The van der Waals surface area contributed by atoms with Gasteiger partial charge < -0.3 is 14.9 Å². The highest BCUT2D eigenvalue weighted by Crippen LogP contribution is 2.21. The average molecular weight is 225 g/mol. The molecule has 0 saturated heterocycles. The molecule has 0 aromatic carbocycles. The SMILES string of the molecule is CCCCCCOC(c1ccco1)C(C)N. The van der Waals surface area contributed by atoms with Crippen molar-refractivity contribution >= 4 is 0 Å². The summed E-state index contributed by atoms with van der Waals surface area (Å²) < 4.78 is 11.1. The summed E-state index contributed by atoms with van der Waals surface area (Å²) in [6, 6.07) is 3.74. The zero-order valence-corrected chi connectivity index (χ0v) is 10.3. The van der Waals surface area contributed by atoms with E-state index >= 15 is 0 Å². The van der Waals surface area contributed by atoms with Gasteiger partial charge in [-0.2, -0.15) is 0 Å². The van der Waals surface area contributed by atoms with Crippen LogP contribution in [0.4, 0.5) is 0 Å². The highest BCUT2D eigenvalue weighted by Gasteiger charge is 2.19. The molecule has 3 nitrogen and oxygen atoms in total. The molecule has 0 amide bonds. The van der Waals surface area contributed by atoms with Crippen molar-refractivity contribution in [2.45, 2.75) is 51.7 Å². The van der Waals surface area contributed by atoms with Gasteiger partial charge in [-0.15, -0.1) is 0 Å². The number of nitrogens with two attached hydrogens (primary N) is 1. The minimum absolute atomic E-state index is 0.0441. The molecular formula is C13H23NO2. The first-order valence-electron chi connectivity index (χ1n) is 6.16. The lowest BCUT2D eigenvalue weighted by Crippen LogP contribution is -2.27. The summed E-state index contributed by atoms with van der Waals surface area (Å²) in [6.45, 7) is 4.90. The van der Waals surface area contributed by atoms with Gasteiger partial charge >= 0.3 is 0 Å². The summed E-state index contributed by atoms with van der Waals surface area (Å²) in [7, 11) is 0. The minimum atomic E-state index is -0.114. The van der Waals surface area contributed by atoms with Gasteiger partial charge in [0, 0.05) is 12.6 Å². The Balaban J connectivity index is 2.30. The summed E-state index contributed by atoms with van der Waals surface area (Å²) in [4.78, 5) is 0.